The van der Waals surface area contributed by atoms with Gasteiger partial charge in [0.05, 0.1) is 44.4 Å². The predicted molar refractivity (Wildman–Crippen MR) is 105 cm³/mol. The first kappa shape index (κ1) is 17.6. The highest BCUT2D eigenvalue weighted by molar-refractivity contribution is 5.83. The van der Waals surface area contributed by atoms with Gasteiger partial charge in [-0.15, -0.1) is 0 Å². The first-order chi connectivity index (χ1) is 14.0. The second-order valence-electron chi connectivity index (χ2n) is 8.76. The van der Waals surface area contributed by atoms with Crippen molar-refractivity contribution >= 4 is 11.7 Å². The van der Waals surface area contributed by atoms with E-state index in [-0.39, 0.29) is 30.1 Å². The molecule has 1 aromatic carbocycles. The number of benzene rings is 1. The minimum Gasteiger partial charge on any atom is -0.497 e. The van der Waals surface area contributed by atoms with Crippen molar-refractivity contribution in [2.24, 2.45) is 11.8 Å². The van der Waals surface area contributed by atoms with Gasteiger partial charge in [-0.1, -0.05) is 11.6 Å². The third-order valence-corrected chi connectivity index (χ3v) is 8.12. The lowest BCUT2D eigenvalue weighted by Crippen LogP contribution is -2.73. The Kier molecular flexibility index (Phi) is 3.31. The van der Waals surface area contributed by atoms with Crippen molar-refractivity contribution in [1.82, 2.24) is 4.90 Å². The van der Waals surface area contributed by atoms with Crippen molar-refractivity contribution in [2.75, 3.05) is 33.2 Å². The van der Waals surface area contributed by atoms with Gasteiger partial charge >= 0.3 is 5.97 Å². The van der Waals surface area contributed by atoms with E-state index in [2.05, 4.69) is 29.3 Å². The van der Waals surface area contributed by atoms with Gasteiger partial charge < -0.3 is 24.3 Å². The van der Waals surface area contributed by atoms with Gasteiger partial charge in [0.15, 0.2) is 5.72 Å². The number of ether oxygens (including phenoxy) is 4. The fourth-order valence-electron chi connectivity index (χ4n) is 7.10. The molecule has 6 rings (SSSR count). The van der Waals surface area contributed by atoms with E-state index in [1.807, 2.05) is 6.07 Å². The maximum Gasteiger partial charge on any atom is 0.310 e. The zero-order valence-electron chi connectivity index (χ0n) is 17.2. The number of esters is 1. The van der Waals surface area contributed by atoms with E-state index in [9.17, 15) is 4.79 Å². The number of anilines is 1. The molecule has 29 heavy (non-hydrogen) atoms. The van der Waals surface area contributed by atoms with Crippen LogP contribution in [0, 0.1) is 11.8 Å². The molecule has 1 aliphatic carbocycles. The Hall–Kier alpha value is -2.25. The average Bonchev–Trinajstić information content (AvgIpc) is 3.34. The SMILES string of the molecule is C/C=C1/CN2[C@@H]3C[C@@]45c6cc(OC)cc(OC)c6N[C@]4(O3)[C@@H]2C[C@@H]1[C@H]5C(=O)OC. The standard InChI is InChI=1S/C22H26N2O5/c1-5-11-10-24-16-8-13(11)18(20(25)28-4)21-9-17(24)29-22(16,21)23-19-14(21)6-12(26-2)7-15(19)27-3/h5-7,13,16-18,23H,8-10H2,1-4H3/b11-5-/t13-,16-,17-,18-,21-,22-/m0/s1. The lowest BCUT2D eigenvalue weighted by molar-refractivity contribution is -0.161. The highest BCUT2D eigenvalue weighted by atomic mass is 16.6. The second-order valence-corrected chi connectivity index (χ2v) is 8.76. The Bertz CT molecular complexity index is 961. The number of allylic oxidation sites excluding steroid dienone is 1. The fourth-order valence-corrected chi connectivity index (χ4v) is 7.10. The summed E-state index contributed by atoms with van der Waals surface area (Å²) >= 11 is 0. The third-order valence-electron chi connectivity index (χ3n) is 8.12. The zero-order valence-corrected chi connectivity index (χ0v) is 17.2. The molecule has 154 valence electrons. The number of nitrogens with zero attached hydrogens (tertiary/aromatic N) is 1. The molecule has 4 bridgehead atoms. The summed E-state index contributed by atoms with van der Waals surface area (Å²) in [4.78, 5) is 15.8. The number of hydrogen-bond donors (Lipinski definition) is 1. The highest BCUT2D eigenvalue weighted by Crippen LogP contribution is 2.73. The van der Waals surface area contributed by atoms with Crippen molar-refractivity contribution in [3.8, 4) is 11.5 Å². The molecule has 0 unspecified atom stereocenters. The summed E-state index contributed by atoms with van der Waals surface area (Å²) in [5.74, 6) is 1.11. The minimum atomic E-state index is -0.645. The third kappa shape index (κ3) is 1.73. The minimum absolute atomic E-state index is 0.0128. The van der Waals surface area contributed by atoms with E-state index >= 15 is 0 Å². The summed E-state index contributed by atoms with van der Waals surface area (Å²) in [7, 11) is 4.81. The molecule has 7 heteroatoms. The van der Waals surface area contributed by atoms with Crippen molar-refractivity contribution in [2.45, 2.75) is 43.2 Å². The van der Waals surface area contributed by atoms with Crippen molar-refractivity contribution in [3.63, 3.8) is 0 Å². The van der Waals surface area contributed by atoms with E-state index < -0.39 is 11.1 Å². The molecule has 0 aromatic heterocycles. The number of carbonyl (C=O) groups is 1. The molecule has 1 saturated carbocycles. The molecule has 0 amide bonds. The molecule has 4 heterocycles. The summed E-state index contributed by atoms with van der Waals surface area (Å²) in [6, 6.07) is 4.15. The molecule has 1 spiro atoms. The quantitative estimate of drug-likeness (QED) is 0.619. The summed E-state index contributed by atoms with van der Waals surface area (Å²) < 4.78 is 23.4. The summed E-state index contributed by atoms with van der Waals surface area (Å²) in [5.41, 5.74) is 2.12. The molecule has 7 nitrogen and oxygen atoms in total. The summed E-state index contributed by atoms with van der Waals surface area (Å²) in [6.07, 6.45) is 3.81. The number of rotatable bonds is 3. The van der Waals surface area contributed by atoms with Crippen LogP contribution in [0.15, 0.2) is 23.8 Å². The number of nitrogens with one attached hydrogen (secondary N) is 1. The van der Waals surface area contributed by atoms with Crippen molar-refractivity contribution in [1.29, 1.82) is 0 Å². The number of hydrogen-bond acceptors (Lipinski definition) is 7. The Morgan fingerprint density at radius 2 is 2.14 bits per heavy atom. The highest BCUT2D eigenvalue weighted by Gasteiger charge is 2.82. The molecule has 4 fully saturated rings. The Balaban J connectivity index is 1.66. The molecule has 6 atom stereocenters. The Morgan fingerprint density at radius 1 is 1.31 bits per heavy atom. The molecule has 1 aromatic rings. The first-order valence-electron chi connectivity index (χ1n) is 10.3. The van der Waals surface area contributed by atoms with Crippen LogP contribution in [0.2, 0.25) is 0 Å². The topological polar surface area (TPSA) is 69.3 Å². The van der Waals surface area contributed by atoms with E-state index in [0.29, 0.717) is 5.75 Å². The molecule has 4 aliphatic heterocycles. The molecule has 5 aliphatic rings. The summed E-state index contributed by atoms with van der Waals surface area (Å²) in [6.45, 7) is 2.92. The van der Waals surface area contributed by atoms with Crippen LogP contribution in [0.5, 0.6) is 11.5 Å². The molecule has 0 radical (unpaired) electrons. The van der Waals surface area contributed by atoms with Crippen LogP contribution in [0.1, 0.15) is 25.3 Å². The van der Waals surface area contributed by atoms with Gasteiger partial charge in [0.1, 0.15) is 17.7 Å². The smallest absolute Gasteiger partial charge is 0.310 e. The lowest BCUT2D eigenvalue weighted by atomic mass is 9.49. The van der Waals surface area contributed by atoms with Crippen LogP contribution in [0.3, 0.4) is 0 Å². The van der Waals surface area contributed by atoms with E-state index in [1.165, 1.54) is 12.7 Å². The molecule has 3 saturated heterocycles. The van der Waals surface area contributed by atoms with Crippen LogP contribution < -0.4 is 14.8 Å². The van der Waals surface area contributed by atoms with E-state index in [1.54, 1.807) is 14.2 Å². The van der Waals surface area contributed by atoms with Gasteiger partial charge in [-0.3, -0.25) is 9.69 Å². The number of methoxy groups -OCH3 is 3. The number of piperidine rings is 2. The monoisotopic (exact) mass is 398 g/mol. The van der Waals surface area contributed by atoms with E-state index in [4.69, 9.17) is 18.9 Å². The first-order valence-corrected chi connectivity index (χ1v) is 10.3. The van der Waals surface area contributed by atoms with Gasteiger partial charge in [-0.2, -0.15) is 0 Å². The van der Waals surface area contributed by atoms with Crippen LogP contribution >= 0.6 is 0 Å². The average molecular weight is 398 g/mol. The summed E-state index contributed by atoms with van der Waals surface area (Å²) in [5, 5.41) is 3.72. The van der Waals surface area contributed by atoms with Gasteiger partial charge in [0.2, 0.25) is 0 Å². The number of carbonyl (C=O) groups excluding carboxylic acids is 1. The second kappa shape index (κ2) is 5.46. The molecular formula is C22H26N2O5. The van der Waals surface area contributed by atoms with Gasteiger partial charge in [-0.05, 0) is 30.9 Å². The molecule has 1 N–H and O–H groups in total. The van der Waals surface area contributed by atoms with Crippen molar-refractivity contribution in [3.05, 3.63) is 29.3 Å². The normalized spacial score (nSPS) is 41.9. The fraction of sp³-hybridized carbons (Fsp3) is 0.591. The van der Waals surface area contributed by atoms with Gasteiger partial charge in [0.25, 0.3) is 0 Å². The Morgan fingerprint density at radius 3 is 2.83 bits per heavy atom. The molecular weight excluding hydrogens is 372 g/mol. The lowest BCUT2D eigenvalue weighted by Gasteiger charge is -2.60. The largest absolute Gasteiger partial charge is 0.497 e. The van der Waals surface area contributed by atoms with Crippen LogP contribution in [0.25, 0.3) is 0 Å². The maximum atomic E-state index is 13.3. The van der Waals surface area contributed by atoms with Crippen LogP contribution in [0.4, 0.5) is 5.69 Å². The maximum absolute atomic E-state index is 13.3. The van der Waals surface area contributed by atoms with Gasteiger partial charge in [-0.25, -0.2) is 0 Å². The van der Waals surface area contributed by atoms with Crippen LogP contribution in [-0.2, 0) is 19.7 Å². The number of fused-ring (bicyclic) bond motifs is 4. The predicted octanol–water partition coefficient (Wildman–Crippen LogP) is 2.26. The van der Waals surface area contributed by atoms with E-state index in [0.717, 1.165) is 36.4 Å². The van der Waals surface area contributed by atoms with Crippen LogP contribution in [-0.4, -0.2) is 56.7 Å². The zero-order chi connectivity index (χ0) is 20.1. The Labute approximate surface area is 169 Å². The van der Waals surface area contributed by atoms with Gasteiger partial charge in [0, 0.05) is 19.0 Å². The van der Waals surface area contributed by atoms with Crippen molar-refractivity contribution < 1.29 is 23.7 Å².